The van der Waals surface area contributed by atoms with Crippen LogP contribution in [0, 0.1) is 5.92 Å². The van der Waals surface area contributed by atoms with Crippen LogP contribution in [0.25, 0.3) is 0 Å². The number of hydrogen-bond acceptors (Lipinski definition) is 2. The van der Waals surface area contributed by atoms with Crippen molar-refractivity contribution in [2.24, 2.45) is 5.92 Å². The van der Waals surface area contributed by atoms with Crippen LogP contribution in [0.1, 0.15) is 40.0 Å². The Morgan fingerprint density at radius 3 is 2.47 bits per heavy atom. The number of nitrogens with zero attached hydrogens (tertiary/aromatic N) is 1. The van der Waals surface area contributed by atoms with Gasteiger partial charge in [0.05, 0.1) is 0 Å². The molecular formula is C12H24N2O. The zero-order valence-corrected chi connectivity index (χ0v) is 10.3. The molecule has 0 spiro atoms. The zero-order valence-electron chi connectivity index (χ0n) is 10.3. The summed E-state index contributed by atoms with van der Waals surface area (Å²) in [5.74, 6) is 0.872. The summed E-state index contributed by atoms with van der Waals surface area (Å²) in [5.41, 5.74) is 0. The molecule has 88 valence electrons. The number of carbonyl (C=O) groups is 1. The van der Waals surface area contributed by atoms with Gasteiger partial charge in [-0.15, -0.1) is 0 Å². The number of hydrogen-bond donors (Lipinski definition) is 1. The first-order chi connectivity index (χ1) is 7.13. The molecule has 3 heteroatoms. The molecule has 0 bridgehead atoms. The summed E-state index contributed by atoms with van der Waals surface area (Å²) in [6.07, 6.45) is 3.05. The Morgan fingerprint density at radius 1 is 1.40 bits per heavy atom. The van der Waals surface area contributed by atoms with Crippen LogP contribution < -0.4 is 5.32 Å². The number of amides is 1. The van der Waals surface area contributed by atoms with Gasteiger partial charge in [-0.05, 0) is 45.7 Å². The van der Waals surface area contributed by atoms with Gasteiger partial charge in [0.1, 0.15) is 0 Å². The number of carbonyl (C=O) groups excluding carboxylic acids is 1. The molecule has 15 heavy (non-hydrogen) atoms. The fraction of sp³-hybridized carbons (Fsp3) is 0.917. The number of piperidine rings is 1. The molecule has 1 N–H and O–H groups in total. The molecule has 1 rings (SSSR count). The van der Waals surface area contributed by atoms with E-state index in [0.29, 0.717) is 18.4 Å². The van der Waals surface area contributed by atoms with Crippen LogP contribution in [0.15, 0.2) is 0 Å². The van der Waals surface area contributed by atoms with Crippen LogP contribution in [0.3, 0.4) is 0 Å². The second-order valence-electron chi connectivity index (χ2n) is 4.73. The third-order valence-corrected chi connectivity index (χ3v) is 3.29. The third-order valence-electron chi connectivity index (χ3n) is 3.29. The van der Waals surface area contributed by atoms with Crippen molar-refractivity contribution in [1.82, 2.24) is 10.2 Å². The zero-order chi connectivity index (χ0) is 11.3. The molecule has 1 amide bonds. The quantitative estimate of drug-likeness (QED) is 0.768. The maximum absolute atomic E-state index is 11.1. The van der Waals surface area contributed by atoms with E-state index in [1.807, 2.05) is 6.92 Å². The molecule has 0 atom stereocenters. The summed E-state index contributed by atoms with van der Waals surface area (Å²) < 4.78 is 0. The van der Waals surface area contributed by atoms with E-state index in [1.54, 1.807) is 0 Å². The van der Waals surface area contributed by atoms with Crippen LogP contribution in [-0.4, -0.2) is 36.5 Å². The maximum Gasteiger partial charge on any atom is 0.219 e. The lowest BCUT2D eigenvalue weighted by atomic mass is 9.96. The Bertz CT molecular complexity index is 196. The van der Waals surface area contributed by atoms with Gasteiger partial charge in [0.2, 0.25) is 5.91 Å². The van der Waals surface area contributed by atoms with Crippen molar-refractivity contribution in [3.05, 3.63) is 0 Å². The summed E-state index contributed by atoms with van der Waals surface area (Å²) in [5, 5.41) is 2.99. The smallest absolute Gasteiger partial charge is 0.219 e. The molecule has 0 aromatic rings. The van der Waals surface area contributed by atoms with Gasteiger partial charge in [-0.3, -0.25) is 4.79 Å². The fourth-order valence-electron chi connectivity index (χ4n) is 2.06. The lowest BCUT2D eigenvalue weighted by molar-refractivity contribution is -0.121. The van der Waals surface area contributed by atoms with Crippen molar-refractivity contribution in [2.75, 3.05) is 19.6 Å². The Kier molecular flexibility index (Phi) is 5.09. The van der Waals surface area contributed by atoms with E-state index in [1.165, 1.54) is 25.9 Å². The van der Waals surface area contributed by atoms with Crippen molar-refractivity contribution in [3.8, 4) is 0 Å². The standard InChI is InChI=1S/C12H24N2O/c1-4-12(15)13-9-11-5-7-14(8-6-11)10(2)3/h10-11H,4-9H2,1-3H3,(H,13,15). The molecule has 1 fully saturated rings. The average Bonchev–Trinajstić information content (AvgIpc) is 2.26. The third kappa shape index (κ3) is 4.20. The van der Waals surface area contributed by atoms with Crippen LogP contribution in [0.2, 0.25) is 0 Å². The first kappa shape index (κ1) is 12.5. The van der Waals surface area contributed by atoms with Gasteiger partial charge >= 0.3 is 0 Å². The average molecular weight is 212 g/mol. The highest BCUT2D eigenvalue weighted by molar-refractivity contribution is 5.75. The summed E-state index contributed by atoms with van der Waals surface area (Å²) >= 11 is 0. The molecule has 1 saturated heterocycles. The minimum atomic E-state index is 0.182. The van der Waals surface area contributed by atoms with E-state index in [4.69, 9.17) is 0 Å². The molecule has 1 aliphatic heterocycles. The van der Waals surface area contributed by atoms with Gasteiger partial charge in [0.25, 0.3) is 0 Å². The molecule has 0 aromatic carbocycles. The number of rotatable bonds is 4. The lowest BCUT2D eigenvalue weighted by Gasteiger charge is -2.34. The largest absolute Gasteiger partial charge is 0.356 e. The molecule has 0 unspecified atom stereocenters. The van der Waals surface area contributed by atoms with Gasteiger partial charge in [-0.25, -0.2) is 0 Å². The minimum Gasteiger partial charge on any atom is -0.356 e. The topological polar surface area (TPSA) is 32.3 Å². The van der Waals surface area contributed by atoms with Crippen LogP contribution >= 0.6 is 0 Å². The van der Waals surface area contributed by atoms with Crippen molar-refractivity contribution < 1.29 is 4.79 Å². The van der Waals surface area contributed by atoms with Crippen LogP contribution in [0.4, 0.5) is 0 Å². The first-order valence-electron chi connectivity index (χ1n) is 6.14. The van der Waals surface area contributed by atoms with Crippen molar-refractivity contribution in [3.63, 3.8) is 0 Å². The molecule has 0 saturated carbocycles. The Hall–Kier alpha value is -0.570. The molecular weight excluding hydrogens is 188 g/mol. The van der Waals surface area contributed by atoms with Gasteiger partial charge in [0.15, 0.2) is 0 Å². The summed E-state index contributed by atoms with van der Waals surface area (Å²) in [7, 11) is 0. The normalized spacial score (nSPS) is 19.5. The molecule has 0 radical (unpaired) electrons. The fourth-order valence-corrected chi connectivity index (χ4v) is 2.06. The molecule has 3 nitrogen and oxygen atoms in total. The molecule has 1 aliphatic rings. The maximum atomic E-state index is 11.1. The minimum absolute atomic E-state index is 0.182. The second kappa shape index (κ2) is 6.11. The summed E-state index contributed by atoms with van der Waals surface area (Å²) in [4.78, 5) is 13.6. The number of likely N-dealkylation sites (tertiary alicyclic amines) is 1. The predicted molar refractivity (Wildman–Crippen MR) is 62.7 cm³/mol. The monoisotopic (exact) mass is 212 g/mol. The Labute approximate surface area is 93.2 Å². The SMILES string of the molecule is CCC(=O)NCC1CCN(C(C)C)CC1. The molecule has 1 heterocycles. The number of nitrogens with one attached hydrogen (secondary N) is 1. The second-order valence-corrected chi connectivity index (χ2v) is 4.73. The van der Waals surface area contributed by atoms with Gasteiger partial charge in [-0.2, -0.15) is 0 Å². The van der Waals surface area contributed by atoms with Crippen molar-refractivity contribution >= 4 is 5.91 Å². The van der Waals surface area contributed by atoms with Crippen LogP contribution in [0.5, 0.6) is 0 Å². The highest BCUT2D eigenvalue weighted by atomic mass is 16.1. The van der Waals surface area contributed by atoms with Gasteiger partial charge in [-0.1, -0.05) is 6.92 Å². The summed E-state index contributed by atoms with van der Waals surface area (Å²) in [6, 6.07) is 0.663. The van der Waals surface area contributed by atoms with Crippen molar-refractivity contribution in [1.29, 1.82) is 0 Å². The Balaban J connectivity index is 2.17. The van der Waals surface area contributed by atoms with Gasteiger partial charge < -0.3 is 10.2 Å². The van der Waals surface area contributed by atoms with E-state index in [-0.39, 0.29) is 5.91 Å². The van der Waals surface area contributed by atoms with E-state index in [0.717, 1.165) is 6.54 Å². The van der Waals surface area contributed by atoms with E-state index >= 15 is 0 Å². The Morgan fingerprint density at radius 2 is 2.00 bits per heavy atom. The highest BCUT2D eigenvalue weighted by Gasteiger charge is 2.20. The van der Waals surface area contributed by atoms with Crippen molar-refractivity contribution in [2.45, 2.75) is 46.1 Å². The molecule has 0 aromatic heterocycles. The first-order valence-corrected chi connectivity index (χ1v) is 6.14. The van der Waals surface area contributed by atoms with E-state index in [2.05, 4.69) is 24.1 Å². The highest BCUT2D eigenvalue weighted by Crippen LogP contribution is 2.17. The van der Waals surface area contributed by atoms with Crippen LogP contribution in [-0.2, 0) is 4.79 Å². The lowest BCUT2D eigenvalue weighted by Crippen LogP contribution is -2.41. The van der Waals surface area contributed by atoms with E-state index in [9.17, 15) is 4.79 Å². The molecule has 0 aliphatic carbocycles. The van der Waals surface area contributed by atoms with Gasteiger partial charge in [0, 0.05) is 19.0 Å². The predicted octanol–water partition coefficient (Wildman–Crippen LogP) is 1.63. The summed E-state index contributed by atoms with van der Waals surface area (Å²) in [6.45, 7) is 9.64. The van der Waals surface area contributed by atoms with E-state index < -0.39 is 0 Å².